The third-order valence-corrected chi connectivity index (χ3v) is 15.3. The van der Waals surface area contributed by atoms with Gasteiger partial charge in [0.1, 0.15) is 24.4 Å². The largest absolute Gasteiger partial charge is 0.454 e. The van der Waals surface area contributed by atoms with Crippen molar-refractivity contribution in [2.24, 2.45) is 0 Å². The Morgan fingerprint density at radius 1 is 0.487 bits per heavy atom. The van der Waals surface area contributed by atoms with Gasteiger partial charge in [0.15, 0.2) is 12.4 Å². The Bertz CT molecular complexity index is 1580. The molecule has 0 saturated carbocycles. The number of rotatable bonds is 56. The topological polar surface area (TPSA) is 175 Å². The van der Waals surface area contributed by atoms with Crippen LogP contribution in [-0.4, -0.2) is 99.6 Å². The van der Waals surface area contributed by atoms with Crippen LogP contribution < -0.4 is 5.32 Å². The molecule has 6 N–H and O–H groups in total. The molecule has 11 nitrogen and oxygen atoms in total. The second-order valence-corrected chi connectivity index (χ2v) is 22.8. The van der Waals surface area contributed by atoms with Gasteiger partial charge in [-0.1, -0.05) is 261 Å². The van der Waals surface area contributed by atoms with E-state index in [1.807, 2.05) is 6.08 Å². The van der Waals surface area contributed by atoms with Gasteiger partial charge in [0.2, 0.25) is 5.91 Å². The molecule has 0 aromatic carbocycles. The van der Waals surface area contributed by atoms with Crippen molar-refractivity contribution >= 4 is 11.9 Å². The lowest BCUT2D eigenvalue weighted by Gasteiger charge is -2.41. The van der Waals surface area contributed by atoms with Crippen molar-refractivity contribution in [2.45, 2.75) is 339 Å². The average molecular weight is 1130 g/mol. The highest BCUT2D eigenvalue weighted by atomic mass is 16.7. The molecule has 1 amide bonds. The zero-order valence-corrected chi connectivity index (χ0v) is 51.4. The van der Waals surface area contributed by atoms with Crippen molar-refractivity contribution in [1.82, 2.24) is 5.32 Å². The fraction of sp³-hybridized carbons (Fsp3) is 0.797. The molecule has 0 bridgehead atoms. The Kier molecular flexibility index (Phi) is 53.1. The molecule has 1 aliphatic heterocycles. The number of ether oxygens (including phenoxy) is 3. The molecule has 1 fully saturated rings. The van der Waals surface area contributed by atoms with Crippen LogP contribution in [0.2, 0.25) is 0 Å². The number of carbonyl (C=O) groups excluding carboxylic acids is 2. The van der Waals surface area contributed by atoms with Gasteiger partial charge in [-0.25, -0.2) is 0 Å². The fourth-order valence-corrected chi connectivity index (χ4v) is 10.0. The smallest absolute Gasteiger partial charge is 0.306 e. The number of aliphatic hydroxyl groups is 5. The van der Waals surface area contributed by atoms with Crippen molar-refractivity contribution in [3.8, 4) is 0 Å². The second-order valence-electron chi connectivity index (χ2n) is 22.8. The summed E-state index contributed by atoms with van der Waals surface area (Å²) in [5.41, 5.74) is 0. The highest BCUT2D eigenvalue weighted by molar-refractivity contribution is 5.80. The third-order valence-electron chi connectivity index (χ3n) is 15.3. The van der Waals surface area contributed by atoms with Gasteiger partial charge in [0, 0.05) is 6.42 Å². The minimum atomic E-state index is -1.62. The maximum Gasteiger partial charge on any atom is 0.306 e. The number of esters is 1. The summed E-state index contributed by atoms with van der Waals surface area (Å²) in [6, 6.07) is -1.03. The number of carbonyl (C=O) groups is 2. The van der Waals surface area contributed by atoms with Crippen LogP contribution in [0.4, 0.5) is 0 Å². The van der Waals surface area contributed by atoms with Crippen molar-refractivity contribution < 1.29 is 49.3 Å². The van der Waals surface area contributed by atoms with E-state index < -0.39 is 67.4 Å². The number of hydrogen-bond donors (Lipinski definition) is 6. The number of unbranched alkanes of at least 4 members (excludes halogenated alkanes) is 32. The van der Waals surface area contributed by atoms with Gasteiger partial charge in [0.25, 0.3) is 0 Å². The monoisotopic (exact) mass is 1130 g/mol. The van der Waals surface area contributed by atoms with Crippen molar-refractivity contribution in [1.29, 1.82) is 0 Å². The molecular weight excluding hydrogens is 1000 g/mol. The Morgan fingerprint density at radius 3 is 1.32 bits per heavy atom. The molecule has 0 aromatic heterocycles. The van der Waals surface area contributed by atoms with Crippen LogP contribution in [0.3, 0.4) is 0 Å². The maximum atomic E-state index is 13.4. The Hall–Kier alpha value is -2.90. The first kappa shape index (κ1) is 75.1. The van der Waals surface area contributed by atoms with E-state index in [4.69, 9.17) is 14.2 Å². The summed E-state index contributed by atoms with van der Waals surface area (Å²) in [5, 5.41) is 57.0. The summed E-state index contributed by atoms with van der Waals surface area (Å²) in [6.07, 6.45) is 62.3. The average Bonchev–Trinajstić information content (AvgIpc) is 3.46. The first-order valence-electron chi connectivity index (χ1n) is 33.2. The molecule has 11 heteroatoms. The highest BCUT2D eigenvalue weighted by Crippen LogP contribution is 2.26. The molecule has 1 rings (SSSR count). The normalized spacial score (nSPS) is 19.2. The number of nitrogens with one attached hydrogen (secondary N) is 1. The van der Waals surface area contributed by atoms with Gasteiger partial charge in [-0.15, -0.1) is 0 Å². The molecule has 0 aliphatic carbocycles. The van der Waals surface area contributed by atoms with Gasteiger partial charge >= 0.3 is 5.97 Å². The van der Waals surface area contributed by atoms with Crippen molar-refractivity contribution in [2.75, 3.05) is 13.2 Å². The summed E-state index contributed by atoms with van der Waals surface area (Å²) in [7, 11) is 0. The number of aliphatic hydroxyl groups excluding tert-OH is 5. The van der Waals surface area contributed by atoms with Gasteiger partial charge in [-0.05, 0) is 96.3 Å². The molecule has 1 heterocycles. The molecule has 1 aliphatic rings. The Morgan fingerprint density at radius 2 is 0.863 bits per heavy atom. The molecule has 0 aromatic rings. The Balaban J connectivity index is 2.59. The third kappa shape index (κ3) is 43.7. The van der Waals surface area contributed by atoms with Crippen LogP contribution in [0.15, 0.2) is 72.9 Å². The van der Waals surface area contributed by atoms with E-state index in [0.29, 0.717) is 12.8 Å². The molecular formula is C69H123NO10. The summed E-state index contributed by atoms with van der Waals surface area (Å²) >= 11 is 0. The van der Waals surface area contributed by atoms with E-state index in [1.54, 1.807) is 6.08 Å². The second kappa shape index (κ2) is 56.6. The summed E-state index contributed by atoms with van der Waals surface area (Å²) in [6.45, 7) is 5.75. The van der Waals surface area contributed by atoms with Crippen LogP contribution in [-0.2, 0) is 23.8 Å². The lowest BCUT2D eigenvalue weighted by atomic mass is 9.99. The molecule has 0 spiro atoms. The number of allylic oxidation sites excluding steroid dienone is 11. The molecule has 0 radical (unpaired) electrons. The molecule has 8 atom stereocenters. The van der Waals surface area contributed by atoms with E-state index in [0.717, 1.165) is 89.9 Å². The standard InChI is InChI=1S/C69H123NO10/c1-4-7-10-13-16-19-22-24-26-27-28-29-30-31-32-33-34-35-36-37-38-41-44-47-50-53-56-62(73)68(77)70-60(61(72)55-52-49-46-43-40-21-18-15-12-9-6-3)59-78-69-67(66(76)65(75)63(58-71)79-69)80-64(74)57-54-51-48-45-42-39-25-23-20-17-14-11-8-5-2/h16,19,24,26,28-29,31-32,39,42,52,55,60-63,65-67,69,71-73,75-76H,4-15,17-18,20-23,25,27,30,33-38,40-41,43-51,53-54,56-59H2,1-3H3,(H,70,77)/b19-16-,26-24-,29-28-,32-31-,42-39-,55-52+. The van der Waals surface area contributed by atoms with Crippen LogP contribution in [0.1, 0.15) is 290 Å². The Labute approximate surface area is 490 Å². The predicted octanol–water partition coefficient (Wildman–Crippen LogP) is 16.3. The maximum absolute atomic E-state index is 13.4. The van der Waals surface area contributed by atoms with E-state index in [1.165, 1.54) is 154 Å². The number of amides is 1. The number of hydrogen-bond acceptors (Lipinski definition) is 10. The summed E-state index contributed by atoms with van der Waals surface area (Å²) in [4.78, 5) is 26.6. The van der Waals surface area contributed by atoms with E-state index in [2.05, 4.69) is 86.8 Å². The minimum absolute atomic E-state index is 0.102. The van der Waals surface area contributed by atoms with Gasteiger partial charge in [-0.2, -0.15) is 0 Å². The van der Waals surface area contributed by atoms with Gasteiger partial charge in [0.05, 0.1) is 25.4 Å². The molecule has 1 saturated heterocycles. The fourth-order valence-electron chi connectivity index (χ4n) is 10.0. The molecule has 464 valence electrons. The highest BCUT2D eigenvalue weighted by Gasteiger charge is 2.47. The van der Waals surface area contributed by atoms with E-state index >= 15 is 0 Å². The zero-order valence-electron chi connectivity index (χ0n) is 51.4. The quantitative estimate of drug-likeness (QED) is 0.0195. The van der Waals surface area contributed by atoms with Gasteiger partial charge in [-0.3, -0.25) is 9.59 Å². The van der Waals surface area contributed by atoms with E-state index in [-0.39, 0.29) is 19.4 Å². The van der Waals surface area contributed by atoms with Gasteiger partial charge < -0.3 is 45.1 Å². The lowest BCUT2D eigenvalue weighted by Crippen LogP contribution is -2.61. The van der Waals surface area contributed by atoms with Crippen LogP contribution in [0.25, 0.3) is 0 Å². The summed E-state index contributed by atoms with van der Waals surface area (Å²) < 4.78 is 17.6. The predicted molar refractivity (Wildman–Crippen MR) is 333 cm³/mol. The first-order valence-corrected chi connectivity index (χ1v) is 33.2. The van der Waals surface area contributed by atoms with E-state index in [9.17, 15) is 35.1 Å². The minimum Gasteiger partial charge on any atom is -0.454 e. The van der Waals surface area contributed by atoms with Crippen LogP contribution >= 0.6 is 0 Å². The first-order chi connectivity index (χ1) is 39.2. The van der Waals surface area contributed by atoms with Crippen LogP contribution in [0.5, 0.6) is 0 Å². The summed E-state index contributed by atoms with van der Waals surface area (Å²) in [5.74, 6) is -1.21. The zero-order chi connectivity index (χ0) is 58.2. The lowest BCUT2D eigenvalue weighted by molar-refractivity contribution is -0.305. The molecule has 80 heavy (non-hydrogen) atoms. The molecule has 8 unspecified atom stereocenters. The SMILES string of the molecule is CCCCC/C=C\C/C=C\C/C=C\C/C=C\CCCCCCCCCCCCC(O)C(=O)NC(COC1OC(CO)C(O)C(O)C1OC(=O)CCCCC/C=C\CCCCCCCCC)C(O)/C=C/CCCCCCCCCCC. The van der Waals surface area contributed by atoms with Crippen molar-refractivity contribution in [3.05, 3.63) is 72.9 Å². The van der Waals surface area contributed by atoms with Crippen LogP contribution in [0, 0.1) is 0 Å². The van der Waals surface area contributed by atoms with Crippen molar-refractivity contribution in [3.63, 3.8) is 0 Å².